The van der Waals surface area contributed by atoms with E-state index in [1.54, 1.807) is 12.4 Å². The number of halogens is 1. The van der Waals surface area contributed by atoms with Crippen molar-refractivity contribution in [1.82, 2.24) is 15.0 Å². The Labute approximate surface area is 84.7 Å². The normalized spacial score (nSPS) is 10.1. The van der Waals surface area contributed by atoms with Crippen molar-refractivity contribution in [3.05, 3.63) is 41.3 Å². The van der Waals surface area contributed by atoms with Gasteiger partial charge >= 0.3 is 0 Å². The van der Waals surface area contributed by atoms with Gasteiger partial charge in [0.15, 0.2) is 0 Å². The van der Waals surface area contributed by atoms with Crippen molar-refractivity contribution in [3.63, 3.8) is 0 Å². The number of aromatic amines is 1. The summed E-state index contributed by atoms with van der Waals surface area (Å²) in [6.07, 6.45) is 5.85. The fourth-order valence-electron chi connectivity index (χ4n) is 1.10. The second-order valence-corrected chi connectivity index (χ2v) is 3.07. The first kappa shape index (κ1) is 8.96. The highest BCUT2D eigenvalue weighted by Gasteiger charge is 2.02. The highest BCUT2D eigenvalue weighted by Crippen LogP contribution is 2.15. The van der Waals surface area contributed by atoms with Gasteiger partial charge < -0.3 is 4.98 Å². The Hall–Kier alpha value is -1.62. The molecule has 0 aliphatic heterocycles. The predicted molar refractivity (Wildman–Crippen MR) is 52.6 cm³/mol. The number of nitrogens with one attached hydrogen (secondary N) is 1. The third-order valence-corrected chi connectivity index (χ3v) is 2.00. The van der Waals surface area contributed by atoms with Gasteiger partial charge in [0.1, 0.15) is 16.2 Å². The summed E-state index contributed by atoms with van der Waals surface area (Å²) in [5.74, 6) is -0.400. The van der Waals surface area contributed by atoms with Gasteiger partial charge in [0.25, 0.3) is 0 Å². The lowest BCUT2D eigenvalue weighted by molar-refractivity contribution is 0.622. The van der Waals surface area contributed by atoms with Gasteiger partial charge in [-0.05, 0) is 6.07 Å². The molecule has 3 nitrogen and oxygen atoms in total. The van der Waals surface area contributed by atoms with Crippen molar-refractivity contribution in [2.45, 2.75) is 0 Å². The van der Waals surface area contributed by atoms with Gasteiger partial charge in [-0.1, -0.05) is 12.2 Å². The molecule has 0 radical (unpaired) electrons. The fraction of sp³-hybridized carbons (Fsp3) is 0. The van der Waals surface area contributed by atoms with Crippen LogP contribution in [0.2, 0.25) is 0 Å². The van der Waals surface area contributed by atoms with E-state index < -0.39 is 5.82 Å². The Morgan fingerprint density at radius 2 is 2.21 bits per heavy atom. The van der Waals surface area contributed by atoms with Crippen LogP contribution in [0.3, 0.4) is 0 Å². The Balaban J connectivity index is 2.61. The average molecular weight is 207 g/mol. The summed E-state index contributed by atoms with van der Waals surface area (Å²) in [6.45, 7) is 0. The minimum atomic E-state index is -0.400. The van der Waals surface area contributed by atoms with E-state index in [1.807, 2.05) is 0 Å². The van der Waals surface area contributed by atoms with Crippen LogP contribution in [0, 0.1) is 10.5 Å². The summed E-state index contributed by atoms with van der Waals surface area (Å²) in [5, 5.41) is 0. The van der Waals surface area contributed by atoms with Crippen LogP contribution in [0.15, 0.2) is 30.9 Å². The van der Waals surface area contributed by atoms with Crippen LogP contribution in [0.1, 0.15) is 0 Å². The topological polar surface area (TPSA) is 41.6 Å². The van der Waals surface area contributed by atoms with Gasteiger partial charge in [-0.2, -0.15) is 0 Å². The van der Waals surface area contributed by atoms with Gasteiger partial charge in [-0.3, -0.25) is 9.97 Å². The number of H-pyrrole nitrogens is 1. The van der Waals surface area contributed by atoms with Crippen molar-refractivity contribution >= 4 is 12.2 Å². The predicted octanol–water partition coefficient (Wildman–Crippen LogP) is 2.34. The zero-order valence-corrected chi connectivity index (χ0v) is 7.88. The zero-order valence-electron chi connectivity index (χ0n) is 7.07. The second-order valence-electron chi connectivity index (χ2n) is 2.66. The molecule has 2 heterocycles. The molecule has 70 valence electrons. The molecule has 0 spiro atoms. The maximum absolute atomic E-state index is 12.9. The molecule has 0 saturated carbocycles. The Kier molecular flexibility index (Phi) is 2.32. The average Bonchev–Trinajstić information content (AvgIpc) is 2.18. The summed E-state index contributed by atoms with van der Waals surface area (Å²) >= 11 is 5.01. The highest BCUT2D eigenvalue weighted by atomic mass is 32.1. The number of nitrogens with zero attached hydrogens (tertiary/aromatic N) is 2. The van der Waals surface area contributed by atoms with E-state index in [1.165, 1.54) is 12.3 Å². The molecule has 0 aliphatic rings. The first-order chi connectivity index (χ1) is 6.77. The zero-order chi connectivity index (χ0) is 9.97. The van der Waals surface area contributed by atoms with E-state index >= 15 is 0 Å². The van der Waals surface area contributed by atoms with Crippen molar-refractivity contribution in [3.8, 4) is 11.3 Å². The van der Waals surface area contributed by atoms with Crippen LogP contribution in [-0.2, 0) is 0 Å². The minimum absolute atomic E-state index is 0.400. The van der Waals surface area contributed by atoms with E-state index in [2.05, 4.69) is 15.0 Å². The van der Waals surface area contributed by atoms with Crippen molar-refractivity contribution in [2.24, 2.45) is 0 Å². The Bertz CT molecular complexity index is 509. The van der Waals surface area contributed by atoms with Crippen LogP contribution in [-0.4, -0.2) is 15.0 Å². The van der Waals surface area contributed by atoms with Gasteiger partial charge in [0, 0.05) is 24.2 Å². The Morgan fingerprint density at radius 3 is 2.93 bits per heavy atom. The molecule has 0 amide bonds. The lowest BCUT2D eigenvalue weighted by Gasteiger charge is -1.99. The van der Waals surface area contributed by atoms with Crippen LogP contribution < -0.4 is 0 Å². The number of aromatic nitrogens is 3. The molecule has 0 aromatic carbocycles. The molecule has 14 heavy (non-hydrogen) atoms. The summed E-state index contributed by atoms with van der Waals surface area (Å²) in [7, 11) is 0. The Morgan fingerprint density at radius 1 is 1.36 bits per heavy atom. The van der Waals surface area contributed by atoms with E-state index in [9.17, 15) is 4.39 Å². The standard InChI is InChI=1S/C9H6FN3S/c10-7-3-6(4-11-5-7)8-9(14)13-2-1-12-8/h1-5H,(H,13,14). The summed E-state index contributed by atoms with van der Waals surface area (Å²) in [6, 6.07) is 1.35. The maximum atomic E-state index is 12.9. The third-order valence-electron chi connectivity index (χ3n) is 1.69. The molecule has 0 atom stereocenters. The number of pyridine rings is 1. The van der Waals surface area contributed by atoms with Crippen LogP contribution in [0.25, 0.3) is 11.3 Å². The maximum Gasteiger partial charge on any atom is 0.142 e. The minimum Gasteiger partial charge on any atom is -0.350 e. The van der Waals surface area contributed by atoms with Gasteiger partial charge in [-0.25, -0.2) is 4.39 Å². The lowest BCUT2D eigenvalue weighted by Crippen LogP contribution is -1.88. The van der Waals surface area contributed by atoms with E-state index in [0.29, 0.717) is 15.9 Å². The third kappa shape index (κ3) is 1.67. The summed E-state index contributed by atoms with van der Waals surface area (Å²) in [4.78, 5) is 10.6. The molecule has 2 rings (SSSR count). The molecule has 5 heteroatoms. The first-order valence-corrected chi connectivity index (χ1v) is 4.33. The van der Waals surface area contributed by atoms with Gasteiger partial charge in [0.05, 0.1) is 6.20 Å². The molecular weight excluding hydrogens is 201 g/mol. The molecule has 2 aromatic heterocycles. The van der Waals surface area contributed by atoms with Crippen LogP contribution in [0.5, 0.6) is 0 Å². The van der Waals surface area contributed by atoms with Crippen molar-refractivity contribution in [2.75, 3.05) is 0 Å². The van der Waals surface area contributed by atoms with Gasteiger partial charge in [-0.15, -0.1) is 0 Å². The molecule has 0 aliphatic carbocycles. The van der Waals surface area contributed by atoms with Crippen molar-refractivity contribution in [1.29, 1.82) is 0 Å². The number of hydrogen-bond donors (Lipinski definition) is 1. The van der Waals surface area contributed by atoms with Crippen LogP contribution in [0.4, 0.5) is 4.39 Å². The SMILES string of the molecule is Fc1cncc(-c2ncc[nH]c2=S)c1. The smallest absolute Gasteiger partial charge is 0.142 e. The second kappa shape index (κ2) is 3.63. The van der Waals surface area contributed by atoms with E-state index in [-0.39, 0.29) is 0 Å². The lowest BCUT2D eigenvalue weighted by atomic mass is 10.2. The number of hydrogen-bond acceptors (Lipinski definition) is 3. The molecule has 1 N–H and O–H groups in total. The van der Waals surface area contributed by atoms with Crippen LogP contribution >= 0.6 is 12.2 Å². The monoisotopic (exact) mass is 207 g/mol. The molecule has 0 bridgehead atoms. The quantitative estimate of drug-likeness (QED) is 0.730. The molecule has 0 saturated heterocycles. The fourth-order valence-corrected chi connectivity index (χ4v) is 1.34. The van der Waals surface area contributed by atoms with E-state index in [4.69, 9.17) is 12.2 Å². The highest BCUT2D eigenvalue weighted by molar-refractivity contribution is 7.71. The summed E-state index contributed by atoms with van der Waals surface area (Å²) < 4.78 is 13.3. The molecular formula is C9H6FN3S. The first-order valence-electron chi connectivity index (χ1n) is 3.92. The molecule has 2 aromatic rings. The van der Waals surface area contributed by atoms with E-state index in [0.717, 1.165) is 6.20 Å². The number of rotatable bonds is 1. The van der Waals surface area contributed by atoms with Gasteiger partial charge in [0.2, 0.25) is 0 Å². The largest absolute Gasteiger partial charge is 0.350 e. The molecule has 0 unspecified atom stereocenters. The summed E-state index contributed by atoms with van der Waals surface area (Å²) in [5.41, 5.74) is 1.11. The molecule has 0 fully saturated rings. The van der Waals surface area contributed by atoms with Crippen molar-refractivity contribution < 1.29 is 4.39 Å².